The zero-order valence-electron chi connectivity index (χ0n) is 32.2. The van der Waals surface area contributed by atoms with Gasteiger partial charge in [-0.15, -0.1) is 0 Å². The van der Waals surface area contributed by atoms with E-state index in [2.05, 4.69) is 241 Å². The van der Waals surface area contributed by atoms with Crippen LogP contribution in [0.5, 0.6) is 0 Å². The number of fused-ring (bicyclic) bond motifs is 10. The van der Waals surface area contributed by atoms with Crippen LogP contribution in [0.2, 0.25) is 0 Å². The smallest absolute Gasteiger partial charge is 0.179 e. The van der Waals surface area contributed by atoms with Gasteiger partial charge in [-0.25, -0.2) is 0 Å². The summed E-state index contributed by atoms with van der Waals surface area (Å²) >= 11 is 0. The van der Waals surface area contributed by atoms with Crippen molar-refractivity contribution in [2.45, 2.75) is 0 Å². The Kier molecular flexibility index (Phi) is 7.68. The Bertz CT molecular complexity index is 3450. The van der Waals surface area contributed by atoms with Crippen LogP contribution in [0.1, 0.15) is 0 Å². The maximum Gasteiger partial charge on any atom is 0.179 e. The zero-order valence-corrected chi connectivity index (χ0v) is 34.4. The molecule has 0 amide bonds. The zero-order chi connectivity index (χ0) is 39.1. The Hall–Kier alpha value is -6.97. The average Bonchev–Trinajstić information content (AvgIpc) is 3.93. The molecule has 59 heavy (non-hydrogen) atoms. The molecule has 0 saturated heterocycles. The van der Waals surface area contributed by atoms with Gasteiger partial charge in [0.1, 0.15) is 0 Å². The molecule has 0 radical (unpaired) electrons. The van der Waals surface area contributed by atoms with Crippen molar-refractivity contribution in [1.82, 2.24) is 13.5 Å². The predicted molar refractivity (Wildman–Crippen MR) is 257 cm³/mol. The van der Waals surface area contributed by atoms with E-state index in [1.807, 2.05) is 0 Å². The van der Waals surface area contributed by atoms with Crippen molar-refractivity contribution < 1.29 is 0 Å². The summed E-state index contributed by atoms with van der Waals surface area (Å²) < 4.78 is 7.18. The number of hydrogen-bond acceptors (Lipinski definition) is 0. The summed E-state index contributed by atoms with van der Waals surface area (Å²) in [6, 6.07) is 81.1. The average molecular weight is 788 g/mol. The van der Waals surface area contributed by atoms with Crippen LogP contribution in [0, 0.1) is 0 Å². The molecule has 12 aromatic rings. The highest BCUT2D eigenvalue weighted by Crippen LogP contribution is 2.41. The summed E-state index contributed by atoms with van der Waals surface area (Å²) in [6.45, 7) is 0. The molecule has 9 aromatic carbocycles. The fourth-order valence-corrected chi connectivity index (χ4v) is 15.3. The standard InChI is InChI=1S/C54H38N3PSi/c58-57-52-26-14-10-22-46(52)48-36-35-47-45-21-9-13-25-51(45)56(53(47)54(48)57)38-29-33-42(34-30-38)59(39-15-3-1-4-16-39,40-17-5-2-6-18-40)41-31-27-37(28-32-41)55-49-23-11-7-19-43(49)44-20-8-12-24-50(44)55/h1-36H,58H2. The molecule has 3 heterocycles. The van der Waals surface area contributed by atoms with E-state index in [0.717, 1.165) is 11.4 Å². The van der Waals surface area contributed by atoms with Crippen molar-refractivity contribution in [3.05, 3.63) is 218 Å². The van der Waals surface area contributed by atoms with E-state index in [1.54, 1.807) is 0 Å². The Morgan fingerprint density at radius 2 is 0.610 bits per heavy atom. The predicted octanol–water partition coefficient (Wildman–Crippen LogP) is 11.0. The topological polar surface area (TPSA) is 14.8 Å². The molecule has 278 valence electrons. The second-order valence-electron chi connectivity index (χ2n) is 15.5. The second-order valence-corrected chi connectivity index (χ2v) is 19.9. The first kappa shape index (κ1) is 34.1. The van der Waals surface area contributed by atoms with Crippen molar-refractivity contribution in [1.29, 1.82) is 0 Å². The molecule has 0 aliphatic rings. The number of hydrogen-bond donors (Lipinski definition) is 0. The molecule has 1 atom stereocenters. The lowest BCUT2D eigenvalue weighted by atomic mass is 10.1. The van der Waals surface area contributed by atoms with Crippen molar-refractivity contribution in [3.8, 4) is 11.4 Å². The van der Waals surface area contributed by atoms with Crippen molar-refractivity contribution in [2.75, 3.05) is 0 Å². The minimum absolute atomic E-state index is 1.15. The van der Waals surface area contributed by atoms with E-state index in [9.17, 15) is 0 Å². The fraction of sp³-hybridized carbons (Fsp3) is 0. The number of para-hydroxylation sites is 4. The van der Waals surface area contributed by atoms with E-state index >= 15 is 0 Å². The summed E-state index contributed by atoms with van der Waals surface area (Å²) in [5.41, 5.74) is 9.59. The molecule has 5 heteroatoms. The first-order valence-electron chi connectivity index (χ1n) is 20.2. The van der Waals surface area contributed by atoms with Crippen LogP contribution in [-0.4, -0.2) is 21.5 Å². The lowest BCUT2D eigenvalue weighted by Crippen LogP contribution is -2.74. The summed E-state index contributed by atoms with van der Waals surface area (Å²) in [5, 5.41) is 13.0. The van der Waals surface area contributed by atoms with Crippen molar-refractivity contribution in [3.63, 3.8) is 0 Å². The Labute approximate surface area is 345 Å². The van der Waals surface area contributed by atoms with Gasteiger partial charge in [-0.05, 0) is 78.7 Å². The third-order valence-corrected chi connectivity index (χ3v) is 17.9. The van der Waals surface area contributed by atoms with Gasteiger partial charge in [-0.1, -0.05) is 170 Å². The maximum atomic E-state index is 3.01. The molecule has 0 saturated carbocycles. The fourth-order valence-electron chi connectivity index (χ4n) is 10.1. The first-order chi connectivity index (χ1) is 29.2. The van der Waals surface area contributed by atoms with Gasteiger partial charge >= 0.3 is 0 Å². The molecule has 3 aromatic heterocycles. The molecule has 0 N–H and O–H groups in total. The Balaban J connectivity index is 1.09. The first-order valence-corrected chi connectivity index (χ1v) is 22.7. The van der Waals surface area contributed by atoms with Crippen LogP contribution in [0.3, 0.4) is 0 Å². The van der Waals surface area contributed by atoms with Gasteiger partial charge in [-0.3, -0.25) is 0 Å². The third-order valence-electron chi connectivity index (χ3n) is 12.6. The van der Waals surface area contributed by atoms with Gasteiger partial charge in [0.05, 0.1) is 33.1 Å². The lowest BCUT2D eigenvalue weighted by Gasteiger charge is -2.34. The van der Waals surface area contributed by atoms with E-state index in [1.165, 1.54) is 86.2 Å². The second kappa shape index (κ2) is 13.3. The SMILES string of the molecule is Pn1c2ccccc2c2ccc3c4ccccc4n(-c4ccc([Si](c5ccccc5)(c5ccccc5)c5ccc(-n6c7ccccc7c7ccccc76)cc5)cc4)c3c21. The van der Waals surface area contributed by atoms with E-state index in [0.29, 0.717) is 0 Å². The Morgan fingerprint density at radius 1 is 0.271 bits per heavy atom. The molecule has 3 nitrogen and oxygen atoms in total. The van der Waals surface area contributed by atoms with Crippen LogP contribution in [0.4, 0.5) is 0 Å². The number of rotatable bonds is 6. The highest BCUT2D eigenvalue weighted by Gasteiger charge is 2.41. The van der Waals surface area contributed by atoms with Crippen LogP contribution in [0.15, 0.2) is 218 Å². The van der Waals surface area contributed by atoms with Crippen LogP contribution in [-0.2, 0) is 0 Å². The lowest BCUT2D eigenvalue weighted by molar-refractivity contribution is 1.18. The van der Waals surface area contributed by atoms with E-state index < -0.39 is 8.07 Å². The molecule has 1 unspecified atom stereocenters. The molecule has 0 aliphatic carbocycles. The summed E-state index contributed by atoms with van der Waals surface area (Å²) in [6.07, 6.45) is 0. The molecule has 0 spiro atoms. The van der Waals surface area contributed by atoms with Crippen molar-refractivity contribution in [2.24, 2.45) is 0 Å². The monoisotopic (exact) mass is 787 g/mol. The number of nitrogens with zero attached hydrogens (tertiary/aromatic N) is 3. The minimum atomic E-state index is -2.83. The molecule has 0 fully saturated rings. The van der Waals surface area contributed by atoms with Crippen LogP contribution in [0.25, 0.3) is 76.8 Å². The largest absolute Gasteiger partial charge is 0.323 e. The van der Waals surface area contributed by atoms with E-state index in [-0.39, 0.29) is 0 Å². The molecule has 0 aliphatic heterocycles. The van der Waals surface area contributed by atoms with Crippen LogP contribution < -0.4 is 20.7 Å². The quantitative estimate of drug-likeness (QED) is 0.0906. The third kappa shape index (κ3) is 4.91. The van der Waals surface area contributed by atoms with Crippen LogP contribution >= 0.6 is 9.39 Å². The number of aromatic nitrogens is 3. The van der Waals surface area contributed by atoms with Gasteiger partial charge in [0.2, 0.25) is 0 Å². The summed E-state index contributed by atoms with van der Waals surface area (Å²) in [7, 11) is 0.175. The molecular formula is C54H38N3PSi. The normalized spacial score (nSPS) is 12.2. The molecule has 12 rings (SSSR count). The summed E-state index contributed by atoms with van der Waals surface area (Å²) in [5.74, 6) is 0. The highest BCUT2D eigenvalue weighted by atomic mass is 31.0. The molecule has 0 bridgehead atoms. The van der Waals surface area contributed by atoms with Gasteiger partial charge in [0.15, 0.2) is 8.07 Å². The van der Waals surface area contributed by atoms with Gasteiger partial charge in [0, 0.05) is 43.7 Å². The molecular weight excluding hydrogens is 750 g/mol. The highest BCUT2D eigenvalue weighted by molar-refractivity contribution is 7.20. The minimum Gasteiger partial charge on any atom is -0.323 e. The summed E-state index contributed by atoms with van der Waals surface area (Å²) in [4.78, 5) is 0. The van der Waals surface area contributed by atoms with Crippen molar-refractivity contribution >= 4 is 104 Å². The van der Waals surface area contributed by atoms with E-state index in [4.69, 9.17) is 0 Å². The number of benzene rings is 9. The van der Waals surface area contributed by atoms with Gasteiger partial charge in [0.25, 0.3) is 0 Å². The van der Waals surface area contributed by atoms with Gasteiger partial charge in [-0.2, -0.15) is 0 Å². The van der Waals surface area contributed by atoms with Gasteiger partial charge < -0.3 is 13.5 Å². The maximum absolute atomic E-state index is 3.01. The Morgan fingerprint density at radius 3 is 1.10 bits per heavy atom.